The Hall–Kier alpha value is -1.39. The summed E-state index contributed by atoms with van der Waals surface area (Å²) < 4.78 is 38.5. The topological polar surface area (TPSA) is 15.3 Å². The smallest absolute Gasteiger partial charge is 0.383 e. The number of anilines is 2. The van der Waals surface area contributed by atoms with E-state index < -0.39 is 11.7 Å². The van der Waals surface area contributed by atoms with E-state index in [0.29, 0.717) is 5.69 Å². The zero-order valence-electron chi connectivity index (χ0n) is 11.6. The normalized spacial score (nSPS) is 21.5. The number of nitrogens with one attached hydrogen (secondary N) is 1. The molecule has 20 heavy (non-hydrogen) atoms. The molecule has 0 bridgehead atoms. The second-order valence-electron chi connectivity index (χ2n) is 6.15. The summed E-state index contributed by atoms with van der Waals surface area (Å²) in [6.45, 7) is 1.68. The first-order valence-electron chi connectivity index (χ1n) is 7.06. The van der Waals surface area contributed by atoms with Gasteiger partial charge in [0.15, 0.2) is 0 Å². The van der Waals surface area contributed by atoms with Gasteiger partial charge in [0.05, 0.1) is 16.9 Å². The summed E-state index contributed by atoms with van der Waals surface area (Å²) in [5, 5.41) is 3.36. The molecular formula is C15H19F3N2. The summed E-state index contributed by atoms with van der Waals surface area (Å²) in [5.41, 5.74) is 1.10. The Morgan fingerprint density at radius 3 is 2.55 bits per heavy atom. The van der Waals surface area contributed by atoms with Crippen LogP contribution in [0.1, 0.15) is 31.2 Å². The minimum absolute atomic E-state index is 0.214. The number of benzene rings is 1. The fourth-order valence-corrected chi connectivity index (χ4v) is 3.56. The van der Waals surface area contributed by atoms with Crippen molar-refractivity contribution in [2.24, 2.45) is 5.41 Å². The third-order valence-electron chi connectivity index (χ3n) is 4.63. The highest BCUT2D eigenvalue weighted by Gasteiger charge is 2.38. The maximum absolute atomic E-state index is 12.8. The van der Waals surface area contributed by atoms with E-state index in [9.17, 15) is 13.2 Å². The van der Waals surface area contributed by atoms with E-state index >= 15 is 0 Å². The summed E-state index contributed by atoms with van der Waals surface area (Å²) >= 11 is 0. The lowest BCUT2D eigenvalue weighted by molar-refractivity contribution is -0.137. The highest BCUT2D eigenvalue weighted by molar-refractivity contribution is 5.72. The van der Waals surface area contributed by atoms with Crippen LogP contribution in [-0.2, 0) is 6.18 Å². The van der Waals surface area contributed by atoms with Crippen LogP contribution in [0.2, 0.25) is 0 Å². The molecular weight excluding hydrogens is 265 g/mol. The molecule has 2 aliphatic rings. The van der Waals surface area contributed by atoms with Crippen LogP contribution in [-0.4, -0.2) is 20.1 Å². The summed E-state index contributed by atoms with van der Waals surface area (Å²) in [4.78, 5) is 1.98. The Morgan fingerprint density at radius 1 is 1.20 bits per heavy atom. The van der Waals surface area contributed by atoms with E-state index in [4.69, 9.17) is 0 Å². The van der Waals surface area contributed by atoms with Crippen LogP contribution in [0.5, 0.6) is 0 Å². The quantitative estimate of drug-likeness (QED) is 0.770. The van der Waals surface area contributed by atoms with Crippen LogP contribution in [0.4, 0.5) is 24.5 Å². The molecule has 0 aromatic heterocycles. The number of alkyl halides is 3. The molecule has 1 aliphatic carbocycles. The minimum Gasteiger partial charge on any atom is -0.383 e. The van der Waals surface area contributed by atoms with Crippen LogP contribution in [0.3, 0.4) is 0 Å². The summed E-state index contributed by atoms with van der Waals surface area (Å²) in [6.07, 6.45) is 0.474. The van der Waals surface area contributed by atoms with Gasteiger partial charge in [-0.1, -0.05) is 12.8 Å². The Kier molecular flexibility index (Phi) is 3.10. The van der Waals surface area contributed by atoms with Gasteiger partial charge in [-0.2, -0.15) is 13.2 Å². The Balaban J connectivity index is 1.94. The molecule has 0 radical (unpaired) electrons. The van der Waals surface area contributed by atoms with Crippen LogP contribution in [0, 0.1) is 5.41 Å². The average molecular weight is 284 g/mol. The lowest BCUT2D eigenvalue weighted by Crippen LogP contribution is -2.36. The van der Waals surface area contributed by atoms with Crippen molar-refractivity contribution in [3.63, 3.8) is 0 Å². The molecule has 1 N–H and O–H groups in total. The fourth-order valence-electron chi connectivity index (χ4n) is 3.56. The van der Waals surface area contributed by atoms with Crippen molar-refractivity contribution in [2.75, 3.05) is 30.4 Å². The molecule has 1 heterocycles. The molecule has 2 nitrogen and oxygen atoms in total. The number of hydrogen-bond donors (Lipinski definition) is 1. The van der Waals surface area contributed by atoms with E-state index in [1.807, 2.05) is 11.9 Å². The molecule has 0 amide bonds. The van der Waals surface area contributed by atoms with Gasteiger partial charge in [0.1, 0.15) is 0 Å². The lowest BCUT2D eigenvalue weighted by atomic mass is 9.86. The molecule has 1 aliphatic heterocycles. The Labute approximate surface area is 117 Å². The average Bonchev–Trinajstić information content (AvgIpc) is 2.78. The van der Waals surface area contributed by atoms with Gasteiger partial charge in [-0.25, -0.2) is 0 Å². The zero-order chi connectivity index (χ0) is 14.4. The predicted octanol–water partition coefficient (Wildman–Crippen LogP) is 4.13. The Morgan fingerprint density at radius 2 is 1.90 bits per heavy atom. The first kappa shape index (κ1) is 13.6. The summed E-state index contributed by atoms with van der Waals surface area (Å²) in [6, 6.07) is 3.98. The van der Waals surface area contributed by atoms with Crippen molar-refractivity contribution in [1.29, 1.82) is 0 Å². The van der Waals surface area contributed by atoms with Crippen molar-refractivity contribution in [1.82, 2.24) is 0 Å². The number of hydrogen-bond acceptors (Lipinski definition) is 2. The van der Waals surface area contributed by atoms with Crippen molar-refractivity contribution in [2.45, 2.75) is 31.9 Å². The highest BCUT2D eigenvalue weighted by Crippen LogP contribution is 2.44. The molecule has 1 saturated carbocycles. The molecule has 1 aromatic carbocycles. The third kappa shape index (κ3) is 2.34. The summed E-state index contributed by atoms with van der Waals surface area (Å²) in [5.74, 6) is 0. The molecule has 1 aromatic rings. The SMILES string of the molecule is CN1CC2(CCCC2)CNc2ccc(C(F)(F)F)cc21. The van der Waals surface area contributed by atoms with Gasteiger partial charge in [0.25, 0.3) is 0 Å². The van der Waals surface area contributed by atoms with Crippen molar-refractivity contribution >= 4 is 11.4 Å². The zero-order valence-corrected chi connectivity index (χ0v) is 11.6. The van der Waals surface area contributed by atoms with E-state index in [1.54, 1.807) is 6.07 Å². The standard InChI is InChI=1S/C15H19F3N2/c1-20-10-14(6-2-3-7-14)9-19-12-5-4-11(8-13(12)20)15(16,17)18/h4-5,8,19H,2-3,6-7,9-10H2,1H3. The first-order chi connectivity index (χ1) is 9.40. The van der Waals surface area contributed by atoms with Gasteiger partial charge in [-0.3, -0.25) is 0 Å². The van der Waals surface area contributed by atoms with Gasteiger partial charge in [-0.05, 0) is 31.0 Å². The van der Waals surface area contributed by atoms with Gasteiger partial charge in [0, 0.05) is 25.6 Å². The lowest BCUT2D eigenvalue weighted by Gasteiger charge is -2.31. The molecule has 110 valence electrons. The number of nitrogens with zero attached hydrogens (tertiary/aromatic N) is 1. The molecule has 0 unspecified atom stereocenters. The molecule has 3 rings (SSSR count). The van der Waals surface area contributed by atoms with E-state index in [-0.39, 0.29) is 5.41 Å². The van der Waals surface area contributed by atoms with E-state index in [2.05, 4.69) is 5.32 Å². The maximum atomic E-state index is 12.8. The number of rotatable bonds is 0. The highest BCUT2D eigenvalue weighted by atomic mass is 19.4. The van der Waals surface area contributed by atoms with Gasteiger partial charge in [-0.15, -0.1) is 0 Å². The van der Waals surface area contributed by atoms with Gasteiger partial charge < -0.3 is 10.2 Å². The second kappa shape index (κ2) is 4.57. The molecule has 1 spiro atoms. The van der Waals surface area contributed by atoms with Crippen LogP contribution >= 0.6 is 0 Å². The van der Waals surface area contributed by atoms with Gasteiger partial charge >= 0.3 is 6.18 Å². The van der Waals surface area contributed by atoms with E-state index in [1.165, 1.54) is 18.9 Å². The Bertz CT molecular complexity index is 504. The van der Waals surface area contributed by atoms with E-state index in [0.717, 1.165) is 37.7 Å². The van der Waals surface area contributed by atoms with Crippen molar-refractivity contribution < 1.29 is 13.2 Å². The molecule has 1 fully saturated rings. The van der Waals surface area contributed by atoms with Crippen molar-refractivity contribution in [3.05, 3.63) is 23.8 Å². The van der Waals surface area contributed by atoms with Crippen LogP contribution < -0.4 is 10.2 Å². The van der Waals surface area contributed by atoms with Crippen LogP contribution in [0.15, 0.2) is 18.2 Å². The van der Waals surface area contributed by atoms with Gasteiger partial charge in [0.2, 0.25) is 0 Å². The number of halogens is 3. The van der Waals surface area contributed by atoms with Crippen LogP contribution in [0.25, 0.3) is 0 Å². The molecule has 0 saturated heterocycles. The third-order valence-corrected chi connectivity index (χ3v) is 4.63. The largest absolute Gasteiger partial charge is 0.416 e. The maximum Gasteiger partial charge on any atom is 0.416 e. The minimum atomic E-state index is -4.28. The monoisotopic (exact) mass is 284 g/mol. The second-order valence-corrected chi connectivity index (χ2v) is 6.15. The van der Waals surface area contributed by atoms with Crippen molar-refractivity contribution in [3.8, 4) is 0 Å². The predicted molar refractivity (Wildman–Crippen MR) is 74.1 cm³/mol. The fraction of sp³-hybridized carbons (Fsp3) is 0.600. The molecule has 5 heteroatoms. The molecule has 0 atom stereocenters. The summed E-state index contributed by atoms with van der Waals surface area (Å²) in [7, 11) is 1.89. The first-order valence-corrected chi connectivity index (χ1v) is 7.06. The number of fused-ring (bicyclic) bond motifs is 1.